The molecule has 0 bridgehead atoms. The lowest BCUT2D eigenvalue weighted by molar-refractivity contribution is 0.281. The predicted octanol–water partition coefficient (Wildman–Crippen LogP) is 3.49. The number of nitrogens with zero attached hydrogens (tertiary/aromatic N) is 1. The third-order valence-corrected chi connectivity index (χ3v) is 6.61. The van der Waals surface area contributed by atoms with Crippen LogP contribution in [0.3, 0.4) is 0 Å². The molecule has 1 aromatic rings. The summed E-state index contributed by atoms with van der Waals surface area (Å²) in [6, 6.07) is 3.66. The smallest absolute Gasteiger partial charge is 0.207 e. The molecule has 1 aliphatic heterocycles. The average molecular weight is 346 g/mol. The Balaban J connectivity index is 2.42. The summed E-state index contributed by atoms with van der Waals surface area (Å²) in [4.78, 5) is 0.393. The second-order valence-electron chi connectivity index (χ2n) is 5.48. The largest absolute Gasteiger partial charge is 0.244 e. The number of aryl methyl sites for hydroxylation is 2. The summed E-state index contributed by atoms with van der Waals surface area (Å²) in [6.07, 6.45) is 2.06. The molecule has 19 heavy (non-hydrogen) atoms. The van der Waals surface area contributed by atoms with E-state index in [0.29, 0.717) is 28.4 Å². The third kappa shape index (κ3) is 3.03. The van der Waals surface area contributed by atoms with Crippen molar-refractivity contribution in [1.29, 1.82) is 0 Å². The highest BCUT2D eigenvalue weighted by Crippen LogP contribution is 2.30. The van der Waals surface area contributed by atoms with Crippen molar-refractivity contribution < 1.29 is 8.42 Å². The first kappa shape index (κ1) is 15.0. The third-order valence-electron chi connectivity index (χ3n) is 3.79. The Morgan fingerprint density at radius 3 is 2.53 bits per heavy atom. The SMILES string of the molecule is Cc1cc(Br)c(S(=O)(=O)N2CCC[C@H](C)C2)cc1C. The molecule has 1 atom stereocenters. The minimum Gasteiger partial charge on any atom is -0.207 e. The molecule has 0 N–H and O–H groups in total. The summed E-state index contributed by atoms with van der Waals surface area (Å²) in [6.45, 7) is 7.30. The Hall–Kier alpha value is -0.390. The first-order valence-electron chi connectivity index (χ1n) is 6.59. The molecule has 1 heterocycles. The number of piperidine rings is 1. The summed E-state index contributed by atoms with van der Waals surface area (Å²) in [5.41, 5.74) is 2.10. The van der Waals surface area contributed by atoms with Gasteiger partial charge in [0.15, 0.2) is 0 Å². The van der Waals surface area contributed by atoms with E-state index in [1.165, 1.54) is 0 Å². The first-order chi connectivity index (χ1) is 8.82. The van der Waals surface area contributed by atoms with Crippen LogP contribution in [0.25, 0.3) is 0 Å². The van der Waals surface area contributed by atoms with Crippen LogP contribution in [0.4, 0.5) is 0 Å². The van der Waals surface area contributed by atoms with Crippen molar-refractivity contribution in [1.82, 2.24) is 4.31 Å². The summed E-state index contributed by atoms with van der Waals surface area (Å²) >= 11 is 3.39. The Morgan fingerprint density at radius 2 is 1.89 bits per heavy atom. The molecule has 5 heteroatoms. The van der Waals surface area contributed by atoms with Gasteiger partial charge in [-0.25, -0.2) is 8.42 Å². The lowest BCUT2D eigenvalue weighted by atomic mass is 10.0. The molecule has 2 rings (SSSR count). The second kappa shape index (κ2) is 5.54. The van der Waals surface area contributed by atoms with Crippen molar-refractivity contribution >= 4 is 26.0 Å². The second-order valence-corrected chi connectivity index (χ2v) is 8.24. The zero-order valence-corrected chi connectivity index (χ0v) is 14.0. The van der Waals surface area contributed by atoms with Crippen LogP contribution < -0.4 is 0 Å². The zero-order valence-electron chi connectivity index (χ0n) is 11.6. The molecule has 1 saturated heterocycles. The molecular formula is C14H20BrNO2S. The quantitative estimate of drug-likeness (QED) is 0.822. The van der Waals surface area contributed by atoms with Crippen LogP contribution in [0.5, 0.6) is 0 Å². The minimum absolute atomic E-state index is 0.393. The lowest BCUT2D eigenvalue weighted by Gasteiger charge is -2.30. The van der Waals surface area contributed by atoms with Crippen molar-refractivity contribution in [2.45, 2.75) is 38.5 Å². The number of halogens is 1. The van der Waals surface area contributed by atoms with Gasteiger partial charge in [0.25, 0.3) is 0 Å². The molecule has 1 fully saturated rings. The van der Waals surface area contributed by atoms with E-state index in [-0.39, 0.29) is 0 Å². The highest BCUT2D eigenvalue weighted by atomic mass is 79.9. The molecule has 1 aliphatic rings. The fourth-order valence-electron chi connectivity index (χ4n) is 2.46. The van der Waals surface area contributed by atoms with E-state index in [1.807, 2.05) is 19.9 Å². The van der Waals surface area contributed by atoms with E-state index in [1.54, 1.807) is 10.4 Å². The monoisotopic (exact) mass is 345 g/mol. The fourth-order valence-corrected chi connectivity index (χ4v) is 5.26. The molecule has 0 aliphatic carbocycles. The van der Waals surface area contributed by atoms with E-state index in [2.05, 4.69) is 22.9 Å². The van der Waals surface area contributed by atoms with Crippen molar-refractivity contribution in [3.63, 3.8) is 0 Å². The average Bonchev–Trinajstić information content (AvgIpc) is 2.33. The fraction of sp³-hybridized carbons (Fsp3) is 0.571. The highest BCUT2D eigenvalue weighted by Gasteiger charge is 2.30. The molecule has 3 nitrogen and oxygen atoms in total. The summed E-state index contributed by atoms with van der Waals surface area (Å²) in [5.74, 6) is 0.439. The number of rotatable bonds is 2. The van der Waals surface area contributed by atoms with Crippen LogP contribution in [0.15, 0.2) is 21.5 Å². The number of benzene rings is 1. The number of hydrogen-bond donors (Lipinski definition) is 0. The summed E-state index contributed by atoms with van der Waals surface area (Å²) in [7, 11) is -3.38. The molecule has 0 unspecified atom stereocenters. The maximum atomic E-state index is 12.7. The topological polar surface area (TPSA) is 37.4 Å². The van der Waals surface area contributed by atoms with Crippen LogP contribution in [-0.4, -0.2) is 25.8 Å². The molecule has 0 spiro atoms. The Bertz CT molecular complexity index is 583. The Labute approximate surface area is 124 Å². The molecule has 1 aromatic carbocycles. The lowest BCUT2D eigenvalue weighted by Crippen LogP contribution is -2.39. The van der Waals surface area contributed by atoms with Gasteiger partial charge < -0.3 is 0 Å². The highest BCUT2D eigenvalue weighted by molar-refractivity contribution is 9.10. The molecular weight excluding hydrogens is 326 g/mol. The summed E-state index contributed by atoms with van der Waals surface area (Å²) < 4.78 is 27.7. The van der Waals surface area contributed by atoms with Crippen LogP contribution in [0, 0.1) is 19.8 Å². The van der Waals surface area contributed by atoms with E-state index in [0.717, 1.165) is 24.0 Å². The zero-order chi connectivity index (χ0) is 14.2. The molecule has 106 valence electrons. The van der Waals surface area contributed by atoms with Gasteiger partial charge in [-0.1, -0.05) is 6.92 Å². The Kier molecular flexibility index (Phi) is 4.38. The maximum Gasteiger partial charge on any atom is 0.244 e. The van der Waals surface area contributed by atoms with Crippen LogP contribution in [-0.2, 0) is 10.0 Å². The van der Waals surface area contributed by atoms with Crippen LogP contribution in [0.1, 0.15) is 30.9 Å². The van der Waals surface area contributed by atoms with E-state index in [4.69, 9.17) is 0 Å². The first-order valence-corrected chi connectivity index (χ1v) is 8.82. The molecule has 0 aromatic heterocycles. The predicted molar refractivity (Wildman–Crippen MR) is 80.8 cm³/mol. The van der Waals surface area contributed by atoms with Gasteiger partial charge in [-0.3, -0.25) is 0 Å². The van der Waals surface area contributed by atoms with E-state index in [9.17, 15) is 8.42 Å². The molecule has 0 radical (unpaired) electrons. The number of hydrogen-bond acceptors (Lipinski definition) is 2. The van der Waals surface area contributed by atoms with Gasteiger partial charge in [-0.2, -0.15) is 4.31 Å². The molecule has 0 amide bonds. The standard InChI is InChI=1S/C14H20BrNO2S/c1-10-5-4-6-16(9-10)19(17,18)14-8-12(3)11(2)7-13(14)15/h7-8,10H,4-6,9H2,1-3H3/t10-/m0/s1. The van der Waals surface area contributed by atoms with E-state index >= 15 is 0 Å². The van der Waals surface area contributed by atoms with Crippen molar-refractivity contribution in [3.8, 4) is 0 Å². The number of sulfonamides is 1. The van der Waals surface area contributed by atoms with Gasteiger partial charge in [-0.05, 0) is 71.8 Å². The van der Waals surface area contributed by atoms with Crippen LogP contribution >= 0.6 is 15.9 Å². The van der Waals surface area contributed by atoms with Gasteiger partial charge >= 0.3 is 0 Å². The van der Waals surface area contributed by atoms with Crippen molar-refractivity contribution in [3.05, 3.63) is 27.7 Å². The van der Waals surface area contributed by atoms with Gasteiger partial charge in [0.05, 0.1) is 4.90 Å². The van der Waals surface area contributed by atoms with Crippen molar-refractivity contribution in [2.24, 2.45) is 5.92 Å². The summed E-state index contributed by atoms with van der Waals surface area (Å²) in [5, 5.41) is 0. The molecule has 0 saturated carbocycles. The van der Waals surface area contributed by atoms with Gasteiger partial charge in [0.2, 0.25) is 10.0 Å². The Morgan fingerprint density at radius 1 is 1.26 bits per heavy atom. The maximum absolute atomic E-state index is 12.7. The van der Waals surface area contributed by atoms with Crippen molar-refractivity contribution in [2.75, 3.05) is 13.1 Å². The van der Waals surface area contributed by atoms with Gasteiger partial charge in [0, 0.05) is 17.6 Å². The minimum atomic E-state index is -3.38. The van der Waals surface area contributed by atoms with Gasteiger partial charge in [-0.15, -0.1) is 0 Å². The normalized spacial score (nSPS) is 21.6. The van der Waals surface area contributed by atoms with E-state index < -0.39 is 10.0 Å². The van der Waals surface area contributed by atoms with Crippen LogP contribution in [0.2, 0.25) is 0 Å². The van der Waals surface area contributed by atoms with Gasteiger partial charge in [0.1, 0.15) is 0 Å².